The average Bonchev–Trinajstić information content (AvgIpc) is 2.47. The van der Waals surface area contributed by atoms with Gasteiger partial charge in [-0.1, -0.05) is 45.8 Å². The molecule has 0 amide bonds. The normalized spacial score (nSPS) is 13.8. The standard InChI is InChI=1S/C18H22BrNO/c1-12-5-10-18(21-4)17(11-12)14(3)20-13(2)15-6-8-16(19)9-7-15/h5-11,13-14,20H,1-4H3/t13-,14?/m0/s1. The van der Waals surface area contributed by atoms with Crippen molar-refractivity contribution in [2.75, 3.05) is 7.11 Å². The van der Waals surface area contributed by atoms with E-state index in [0.717, 1.165) is 10.2 Å². The van der Waals surface area contributed by atoms with E-state index >= 15 is 0 Å². The Hall–Kier alpha value is -1.32. The molecule has 1 N–H and O–H groups in total. The first-order chi connectivity index (χ1) is 10.0. The van der Waals surface area contributed by atoms with Crippen LogP contribution in [0, 0.1) is 6.92 Å². The van der Waals surface area contributed by atoms with Crippen LogP contribution in [0.2, 0.25) is 0 Å². The Morgan fingerprint density at radius 1 is 1.00 bits per heavy atom. The van der Waals surface area contributed by atoms with Gasteiger partial charge in [-0.15, -0.1) is 0 Å². The maximum Gasteiger partial charge on any atom is 0.123 e. The van der Waals surface area contributed by atoms with Crippen LogP contribution >= 0.6 is 15.9 Å². The van der Waals surface area contributed by atoms with Gasteiger partial charge in [-0.25, -0.2) is 0 Å². The van der Waals surface area contributed by atoms with Gasteiger partial charge >= 0.3 is 0 Å². The number of rotatable bonds is 5. The van der Waals surface area contributed by atoms with Crippen molar-refractivity contribution in [2.45, 2.75) is 32.9 Å². The zero-order chi connectivity index (χ0) is 15.4. The van der Waals surface area contributed by atoms with Gasteiger partial charge in [0.05, 0.1) is 7.11 Å². The van der Waals surface area contributed by atoms with Gasteiger partial charge in [0.25, 0.3) is 0 Å². The van der Waals surface area contributed by atoms with Crippen molar-refractivity contribution in [2.24, 2.45) is 0 Å². The fraction of sp³-hybridized carbons (Fsp3) is 0.333. The molecule has 2 aromatic carbocycles. The minimum Gasteiger partial charge on any atom is -0.496 e. The predicted octanol–water partition coefficient (Wildman–Crippen LogP) is 5.18. The molecule has 2 rings (SSSR count). The van der Waals surface area contributed by atoms with E-state index in [4.69, 9.17) is 4.74 Å². The molecule has 0 heterocycles. The van der Waals surface area contributed by atoms with Crippen LogP contribution in [0.4, 0.5) is 0 Å². The highest BCUT2D eigenvalue weighted by molar-refractivity contribution is 9.10. The molecule has 2 nitrogen and oxygen atoms in total. The molecule has 0 radical (unpaired) electrons. The molecule has 21 heavy (non-hydrogen) atoms. The molecule has 0 aliphatic rings. The number of ether oxygens (including phenoxy) is 1. The van der Waals surface area contributed by atoms with E-state index in [-0.39, 0.29) is 12.1 Å². The summed E-state index contributed by atoms with van der Waals surface area (Å²) in [6.45, 7) is 6.46. The maximum atomic E-state index is 5.48. The van der Waals surface area contributed by atoms with Gasteiger partial charge in [-0.3, -0.25) is 0 Å². The monoisotopic (exact) mass is 347 g/mol. The van der Waals surface area contributed by atoms with Crippen LogP contribution in [-0.4, -0.2) is 7.11 Å². The summed E-state index contributed by atoms with van der Waals surface area (Å²) in [6.07, 6.45) is 0. The van der Waals surface area contributed by atoms with Gasteiger partial charge in [0.15, 0.2) is 0 Å². The zero-order valence-corrected chi connectivity index (χ0v) is 14.6. The molecule has 0 aromatic heterocycles. The third kappa shape index (κ3) is 4.08. The lowest BCUT2D eigenvalue weighted by molar-refractivity contribution is 0.396. The summed E-state index contributed by atoms with van der Waals surface area (Å²) >= 11 is 3.47. The van der Waals surface area contributed by atoms with Gasteiger partial charge in [0.1, 0.15) is 5.75 Å². The number of hydrogen-bond acceptors (Lipinski definition) is 2. The van der Waals surface area contributed by atoms with Gasteiger partial charge in [-0.05, 0) is 44.5 Å². The summed E-state index contributed by atoms with van der Waals surface area (Å²) in [5, 5.41) is 3.64. The number of nitrogens with one attached hydrogen (secondary N) is 1. The molecular formula is C18H22BrNO. The van der Waals surface area contributed by atoms with Gasteiger partial charge in [0, 0.05) is 22.1 Å². The Morgan fingerprint density at radius 2 is 1.67 bits per heavy atom. The number of halogens is 1. The molecule has 112 valence electrons. The Bertz CT molecular complexity index is 595. The minimum absolute atomic E-state index is 0.221. The van der Waals surface area contributed by atoms with Crippen LogP contribution in [0.25, 0.3) is 0 Å². The third-order valence-electron chi connectivity index (χ3n) is 3.72. The summed E-state index contributed by atoms with van der Waals surface area (Å²) in [7, 11) is 1.72. The highest BCUT2D eigenvalue weighted by Gasteiger charge is 2.15. The molecule has 0 aliphatic heterocycles. The summed E-state index contributed by atoms with van der Waals surface area (Å²) in [5.74, 6) is 0.934. The minimum atomic E-state index is 0.221. The Kier molecular flexibility index (Phi) is 5.43. The Balaban J connectivity index is 2.15. The lowest BCUT2D eigenvalue weighted by Crippen LogP contribution is -2.23. The van der Waals surface area contributed by atoms with E-state index in [1.807, 2.05) is 6.07 Å². The topological polar surface area (TPSA) is 21.3 Å². The second kappa shape index (κ2) is 7.10. The van der Waals surface area contributed by atoms with Crippen LogP contribution in [0.15, 0.2) is 46.9 Å². The van der Waals surface area contributed by atoms with E-state index in [0.29, 0.717) is 0 Å². The third-order valence-corrected chi connectivity index (χ3v) is 4.25. The highest BCUT2D eigenvalue weighted by Crippen LogP contribution is 2.28. The fourth-order valence-corrected chi connectivity index (χ4v) is 2.77. The van der Waals surface area contributed by atoms with Crippen LogP contribution in [-0.2, 0) is 0 Å². The Labute approximate surface area is 135 Å². The predicted molar refractivity (Wildman–Crippen MR) is 91.8 cm³/mol. The van der Waals surface area contributed by atoms with E-state index < -0.39 is 0 Å². The van der Waals surface area contributed by atoms with Gasteiger partial charge < -0.3 is 10.1 Å². The molecule has 1 unspecified atom stereocenters. The van der Waals surface area contributed by atoms with Crippen LogP contribution in [0.3, 0.4) is 0 Å². The second-order valence-electron chi connectivity index (χ2n) is 5.41. The molecule has 0 saturated heterocycles. The number of benzene rings is 2. The maximum absolute atomic E-state index is 5.48. The van der Waals surface area contributed by atoms with Crippen molar-refractivity contribution in [3.63, 3.8) is 0 Å². The molecule has 2 atom stereocenters. The first-order valence-electron chi connectivity index (χ1n) is 7.17. The van der Waals surface area contributed by atoms with E-state index in [1.165, 1.54) is 16.7 Å². The van der Waals surface area contributed by atoms with E-state index in [1.54, 1.807) is 7.11 Å². The molecule has 0 saturated carbocycles. The summed E-state index contributed by atoms with van der Waals surface area (Å²) in [5.41, 5.74) is 3.72. The van der Waals surface area contributed by atoms with Gasteiger partial charge in [-0.2, -0.15) is 0 Å². The van der Waals surface area contributed by atoms with Crippen molar-refractivity contribution >= 4 is 15.9 Å². The molecule has 0 spiro atoms. The SMILES string of the molecule is COc1ccc(C)cc1C(C)N[C@@H](C)c1ccc(Br)cc1. The summed E-state index contributed by atoms with van der Waals surface area (Å²) < 4.78 is 6.58. The largest absolute Gasteiger partial charge is 0.496 e. The summed E-state index contributed by atoms with van der Waals surface area (Å²) in [6, 6.07) is 15.2. The van der Waals surface area contributed by atoms with Crippen molar-refractivity contribution in [1.82, 2.24) is 5.32 Å². The van der Waals surface area contributed by atoms with Crippen LogP contribution < -0.4 is 10.1 Å². The first kappa shape index (κ1) is 16.1. The van der Waals surface area contributed by atoms with E-state index in [9.17, 15) is 0 Å². The van der Waals surface area contributed by atoms with E-state index in [2.05, 4.69) is 78.4 Å². The second-order valence-corrected chi connectivity index (χ2v) is 6.32. The molecule has 0 bridgehead atoms. The molecule has 0 fully saturated rings. The average molecular weight is 348 g/mol. The lowest BCUT2D eigenvalue weighted by atomic mass is 10.0. The first-order valence-corrected chi connectivity index (χ1v) is 7.96. The Morgan fingerprint density at radius 3 is 2.29 bits per heavy atom. The zero-order valence-electron chi connectivity index (χ0n) is 13.0. The van der Waals surface area contributed by atoms with Crippen molar-refractivity contribution < 1.29 is 4.74 Å². The van der Waals surface area contributed by atoms with Crippen LogP contribution in [0.1, 0.15) is 42.6 Å². The van der Waals surface area contributed by atoms with Gasteiger partial charge in [0.2, 0.25) is 0 Å². The molecule has 0 aliphatic carbocycles. The lowest BCUT2D eigenvalue weighted by Gasteiger charge is -2.23. The number of aryl methyl sites for hydroxylation is 1. The molecule has 3 heteroatoms. The number of methoxy groups -OCH3 is 1. The quantitative estimate of drug-likeness (QED) is 0.804. The number of hydrogen-bond donors (Lipinski definition) is 1. The van der Waals surface area contributed by atoms with Crippen molar-refractivity contribution in [3.8, 4) is 5.75 Å². The van der Waals surface area contributed by atoms with Crippen molar-refractivity contribution in [3.05, 3.63) is 63.6 Å². The molecule has 2 aromatic rings. The summed E-state index contributed by atoms with van der Waals surface area (Å²) in [4.78, 5) is 0. The van der Waals surface area contributed by atoms with Crippen molar-refractivity contribution in [1.29, 1.82) is 0 Å². The molecular weight excluding hydrogens is 326 g/mol. The van der Waals surface area contributed by atoms with Crippen LogP contribution in [0.5, 0.6) is 5.75 Å². The fourth-order valence-electron chi connectivity index (χ4n) is 2.50. The smallest absolute Gasteiger partial charge is 0.123 e. The highest BCUT2D eigenvalue weighted by atomic mass is 79.9.